The molecule has 4 heterocycles. The van der Waals surface area contributed by atoms with Crippen molar-refractivity contribution < 1.29 is 22.7 Å². The van der Waals surface area contributed by atoms with Gasteiger partial charge in [-0.25, -0.2) is 13.2 Å². The van der Waals surface area contributed by atoms with Crippen molar-refractivity contribution in [1.82, 2.24) is 14.3 Å². The zero-order valence-corrected chi connectivity index (χ0v) is 21.2. The molecule has 1 atom stereocenters. The van der Waals surface area contributed by atoms with Crippen LogP contribution in [0.1, 0.15) is 63.4 Å². The number of aromatic nitrogens is 3. The Hall–Kier alpha value is -2.46. The van der Waals surface area contributed by atoms with Crippen LogP contribution in [0.4, 0.5) is 0 Å². The molecule has 0 saturated carbocycles. The van der Waals surface area contributed by atoms with E-state index in [1.165, 1.54) is 11.3 Å². The van der Waals surface area contributed by atoms with E-state index in [-0.39, 0.29) is 29.9 Å². The number of fused-ring (bicyclic) bond motifs is 1. The predicted octanol–water partition coefficient (Wildman–Crippen LogP) is 3.88. The number of ether oxygens (including phenoxy) is 1. The van der Waals surface area contributed by atoms with Gasteiger partial charge in [-0.05, 0) is 45.2 Å². The summed E-state index contributed by atoms with van der Waals surface area (Å²) in [5.74, 6) is -0.154. The van der Waals surface area contributed by atoms with Crippen molar-refractivity contribution >= 4 is 43.1 Å². The summed E-state index contributed by atoms with van der Waals surface area (Å²) in [7, 11) is -3.04. The van der Waals surface area contributed by atoms with Gasteiger partial charge in [0.1, 0.15) is 9.71 Å². The van der Waals surface area contributed by atoms with E-state index in [0.29, 0.717) is 28.5 Å². The Morgan fingerprint density at radius 2 is 1.97 bits per heavy atom. The summed E-state index contributed by atoms with van der Waals surface area (Å²) in [4.78, 5) is 26.9. The second-order valence-electron chi connectivity index (χ2n) is 9.20. The van der Waals surface area contributed by atoms with Crippen LogP contribution in [0.15, 0.2) is 12.1 Å². The third-order valence-electron chi connectivity index (χ3n) is 6.04. The first-order chi connectivity index (χ1) is 15.5. The Morgan fingerprint density at radius 3 is 2.61 bits per heavy atom. The predicted molar refractivity (Wildman–Crippen MR) is 128 cm³/mol. The van der Waals surface area contributed by atoms with Crippen molar-refractivity contribution in [1.29, 1.82) is 0 Å². The zero-order valence-electron chi connectivity index (χ0n) is 19.5. The number of ketones is 1. The Balaban J connectivity index is 1.47. The molecule has 3 aromatic heterocycles. The van der Waals surface area contributed by atoms with E-state index in [1.54, 1.807) is 12.1 Å². The third kappa shape index (κ3) is 4.63. The molecule has 0 N–H and O–H groups in total. The molecule has 0 amide bonds. The number of carbonyl (C=O) groups is 2. The van der Waals surface area contributed by atoms with Crippen LogP contribution in [0.3, 0.4) is 0 Å². The van der Waals surface area contributed by atoms with Crippen LogP contribution in [0.5, 0.6) is 0 Å². The molecule has 0 aromatic carbocycles. The van der Waals surface area contributed by atoms with Gasteiger partial charge in [-0.15, -0.1) is 11.3 Å². The number of sulfone groups is 1. The van der Waals surface area contributed by atoms with Crippen molar-refractivity contribution in [3.8, 4) is 0 Å². The first-order valence-corrected chi connectivity index (χ1v) is 13.7. The minimum Gasteiger partial charge on any atom is -0.453 e. The highest BCUT2D eigenvalue weighted by molar-refractivity contribution is 7.91. The minimum absolute atomic E-state index is 0.0889. The second-order valence-corrected chi connectivity index (χ2v) is 12.5. The second kappa shape index (κ2) is 8.72. The molecule has 1 unspecified atom stereocenters. The molecular formula is C23H29N3O5S2. The Labute approximate surface area is 197 Å². The van der Waals surface area contributed by atoms with Crippen molar-refractivity contribution in [3.63, 3.8) is 0 Å². The molecule has 10 heteroatoms. The number of aryl methyl sites for hydroxylation is 2. The fourth-order valence-electron chi connectivity index (χ4n) is 4.56. The van der Waals surface area contributed by atoms with E-state index in [0.717, 1.165) is 28.1 Å². The molecule has 0 spiro atoms. The van der Waals surface area contributed by atoms with Crippen LogP contribution < -0.4 is 0 Å². The van der Waals surface area contributed by atoms with Gasteiger partial charge >= 0.3 is 5.97 Å². The molecule has 3 aromatic rings. The molecule has 8 nitrogen and oxygen atoms in total. The fourth-order valence-corrected chi connectivity index (χ4v) is 7.33. The number of carbonyl (C=O) groups excluding carboxylic acids is 2. The van der Waals surface area contributed by atoms with Gasteiger partial charge in [-0.3, -0.25) is 9.48 Å². The van der Waals surface area contributed by atoms with Crippen molar-refractivity contribution in [2.45, 2.75) is 53.6 Å². The highest BCUT2D eigenvalue weighted by atomic mass is 32.2. The van der Waals surface area contributed by atoms with E-state index in [2.05, 4.69) is 18.9 Å². The molecular weight excluding hydrogens is 462 g/mol. The smallest absolute Gasteiger partial charge is 0.348 e. The number of rotatable bonds is 7. The first-order valence-electron chi connectivity index (χ1n) is 11.0. The average Bonchev–Trinajstić information content (AvgIpc) is 3.45. The van der Waals surface area contributed by atoms with Crippen LogP contribution in [0.2, 0.25) is 0 Å². The molecule has 178 valence electrons. The molecule has 1 aliphatic rings. The molecule has 33 heavy (non-hydrogen) atoms. The van der Waals surface area contributed by atoms with Gasteiger partial charge in [0, 0.05) is 34.9 Å². The molecule has 0 radical (unpaired) electrons. The van der Waals surface area contributed by atoms with Crippen molar-refractivity contribution in [3.05, 3.63) is 39.7 Å². The lowest BCUT2D eigenvalue weighted by Gasteiger charge is -2.16. The van der Waals surface area contributed by atoms with Crippen molar-refractivity contribution in [2.75, 3.05) is 18.1 Å². The summed E-state index contributed by atoms with van der Waals surface area (Å²) in [6.45, 7) is 10.2. The maximum Gasteiger partial charge on any atom is 0.348 e. The monoisotopic (exact) mass is 491 g/mol. The lowest BCUT2D eigenvalue weighted by Crippen LogP contribution is -2.16. The van der Waals surface area contributed by atoms with E-state index >= 15 is 0 Å². The first kappa shape index (κ1) is 23.7. The van der Waals surface area contributed by atoms with Gasteiger partial charge < -0.3 is 9.30 Å². The summed E-state index contributed by atoms with van der Waals surface area (Å²) >= 11 is 1.32. The van der Waals surface area contributed by atoms with Crippen LogP contribution in [0, 0.1) is 26.7 Å². The van der Waals surface area contributed by atoms with E-state index in [9.17, 15) is 18.0 Å². The van der Waals surface area contributed by atoms with Crippen LogP contribution in [-0.4, -0.2) is 52.6 Å². The standard InChI is InChI=1S/C23H29N3O5S2/c1-13(2)10-25-22-18(15(4)24-25)9-21(32-22)23(28)31-11-20(27)19-8-14(3)26(16(19)5)17-6-7-33(29,30)12-17/h8-9,13,17H,6-7,10-12H2,1-5H3. The third-order valence-corrected chi connectivity index (χ3v) is 8.92. The highest BCUT2D eigenvalue weighted by Crippen LogP contribution is 2.31. The molecule has 1 saturated heterocycles. The normalized spacial score (nSPS) is 17.8. The number of thiophene rings is 1. The Bertz CT molecular complexity index is 1340. The van der Waals surface area contributed by atoms with Gasteiger partial charge in [0.05, 0.1) is 17.2 Å². The van der Waals surface area contributed by atoms with Gasteiger partial charge in [0.15, 0.2) is 16.4 Å². The Kier molecular flexibility index (Phi) is 6.26. The van der Waals surface area contributed by atoms with E-state index < -0.39 is 15.8 Å². The van der Waals surface area contributed by atoms with Gasteiger partial charge in [-0.1, -0.05) is 13.8 Å². The largest absolute Gasteiger partial charge is 0.453 e. The summed E-state index contributed by atoms with van der Waals surface area (Å²) < 4.78 is 33.0. The molecule has 1 fully saturated rings. The van der Waals surface area contributed by atoms with Crippen molar-refractivity contribution in [2.24, 2.45) is 5.92 Å². The minimum atomic E-state index is -3.04. The lowest BCUT2D eigenvalue weighted by atomic mass is 10.1. The maximum atomic E-state index is 12.8. The summed E-state index contributed by atoms with van der Waals surface area (Å²) in [5, 5.41) is 5.47. The number of hydrogen-bond donors (Lipinski definition) is 0. The van der Waals surface area contributed by atoms with E-state index in [4.69, 9.17) is 4.74 Å². The molecule has 1 aliphatic heterocycles. The summed E-state index contributed by atoms with van der Waals surface area (Å²) in [5.41, 5.74) is 2.86. The molecule has 0 aliphatic carbocycles. The Morgan fingerprint density at radius 1 is 1.24 bits per heavy atom. The van der Waals surface area contributed by atoms with Gasteiger partial charge in [0.25, 0.3) is 0 Å². The van der Waals surface area contributed by atoms with Crippen LogP contribution >= 0.6 is 11.3 Å². The van der Waals surface area contributed by atoms with Gasteiger partial charge in [-0.2, -0.15) is 5.10 Å². The molecule has 4 rings (SSSR count). The SMILES string of the molecule is Cc1nn(CC(C)C)c2sc(C(=O)OCC(=O)c3cc(C)n(C4CCS(=O)(=O)C4)c3C)cc12. The number of Topliss-reactive ketones (excluding diaryl/α,β-unsaturated/α-hetero) is 1. The lowest BCUT2D eigenvalue weighted by molar-refractivity contribution is 0.0479. The quantitative estimate of drug-likeness (QED) is 0.367. The average molecular weight is 492 g/mol. The van der Waals surface area contributed by atoms with Crippen LogP contribution in [-0.2, 0) is 21.1 Å². The molecule has 0 bridgehead atoms. The van der Waals surface area contributed by atoms with Crippen LogP contribution in [0.25, 0.3) is 10.2 Å². The zero-order chi connectivity index (χ0) is 24.1. The number of hydrogen-bond acceptors (Lipinski definition) is 7. The topological polar surface area (TPSA) is 100 Å². The number of nitrogens with zero attached hydrogens (tertiary/aromatic N) is 3. The fraction of sp³-hybridized carbons (Fsp3) is 0.522. The van der Waals surface area contributed by atoms with E-state index in [1.807, 2.05) is 30.0 Å². The highest BCUT2D eigenvalue weighted by Gasteiger charge is 2.32. The van der Waals surface area contributed by atoms with Gasteiger partial charge in [0.2, 0.25) is 5.78 Å². The maximum absolute atomic E-state index is 12.8. The number of esters is 1. The summed E-state index contributed by atoms with van der Waals surface area (Å²) in [6, 6.07) is 3.37. The summed E-state index contributed by atoms with van der Waals surface area (Å²) in [6.07, 6.45) is 0.543.